The third-order valence-corrected chi connectivity index (χ3v) is 3.30. The lowest BCUT2D eigenvalue weighted by molar-refractivity contribution is 0.709. The minimum atomic E-state index is -0.0991. The van der Waals surface area contributed by atoms with Gasteiger partial charge in [0.25, 0.3) is 0 Å². The van der Waals surface area contributed by atoms with Crippen LogP contribution >= 0.6 is 11.6 Å². The molecular weight excluding hydrogens is 246 g/mol. The highest BCUT2D eigenvalue weighted by molar-refractivity contribution is 6.31. The fraction of sp³-hybridized carbons (Fsp3) is 0.286. The molecule has 0 aliphatic carbocycles. The van der Waals surface area contributed by atoms with Crippen LogP contribution in [0.25, 0.3) is 0 Å². The minimum absolute atomic E-state index is 0.0991. The summed E-state index contributed by atoms with van der Waals surface area (Å²) in [5, 5.41) is 0.658. The van der Waals surface area contributed by atoms with Crippen LogP contribution in [-0.4, -0.2) is 9.97 Å². The number of hydrogen-bond donors (Lipinski definition) is 1. The Morgan fingerprint density at radius 3 is 2.72 bits per heavy atom. The number of pyridine rings is 2. The molecule has 0 bridgehead atoms. The van der Waals surface area contributed by atoms with E-state index in [1.165, 1.54) is 0 Å². The monoisotopic (exact) mass is 261 g/mol. The number of aromatic nitrogens is 2. The van der Waals surface area contributed by atoms with Gasteiger partial charge in [-0.2, -0.15) is 0 Å². The minimum Gasteiger partial charge on any atom is -0.324 e. The highest BCUT2D eigenvalue weighted by Crippen LogP contribution is 2.22. The maximum atomic E-state index is 6.23. The smallest absolute Gasteiger partial charge is 0.0622 e. The SMILES string of the molecule is Cc1ccc(C(N)Cc2ccncc2Cl)c(C)n1. The zero-order chi connectivity index (χ0) is 13.1. The van der Waals surface area contributed by atoms with Crippen molar-refractivity contribution < 1.29 is 0 Å². The third kappa shape index (κ3) is 2.86. The van der Waals surface area contributed by atoms with Gasteiger partial charge in [0.1, 0.15) is 0 Å². The van der Waals surface area contributed by atoms with E-state index in [9.17, 15) is 0 Å². The molecule has 18 heavy (non-hydrogen) atoms. The Hall–Kier alpha value is -1.45. The predicted octanol–water partition coefficient (Wildman–Crippen LogP) is 2.99. The molecule has 0 fully saturated rings. The summed E-state index contributed by atoms with van der Waals surface area (Å²) in [7, 11) is 0. The molecule has 2 aromatic rings. The third-order valence-electron chi connectivity index (χ3n) is 2.96. The molecule has 1 atom stereocenters. The van der Waals surface area contributed by atoms with Crippen LogP contribution in [0.5, 0.6) is 0 Å². The van der Waals surface area contributed by atoms with E-state index in [1.807, 2.05) is 32.0 Å². The van der Waals surface area contributed by atoms with Crippen LogP contribution in [-0.2, 0) is 6.42 Å². The lowest BCUT2D eigenvalue weighted by atomic mass is 9.99. The molecule has 0 aliphatic rings. The molecule has 2 aromatic heterocycles. The number of halogens is 1. The van der Waals surface area contributed by atoms with Crippen molar-refractivity contribution in [2.75, 3.05) is 0 Å². The zero-order valence-corrected chi connectivity index (χ0v) is 11.3. The van der Waals surface area contributed by atoms with Crippen LogP contribution in [0, 0.1) is 13.8 Å². The summed E-state index contributed by atoms with van der Waals surface area (Å²) < 4.78 is 0. The molecule has 2 heterocycles. The van der Waals surface area contributed by atoms with Gasteiger partial charge in [-0.25, -0.2) is 0 Å². The molecule has 0 aromatic carbocycles. The van der Waals surface area contributed by atoms with E-state index in [0.717, 1.165) is 22.5 Å². The van der Waals surface area contributed by atoms with Gasteiger partial charge in [0.15, 0.2) is 0 Å². The predicted molar refractivity (Wildman–Crippen MR) is 73.6 cm³/mol. The van der Waals surface area contributed by atoms with E-state index < -0.39 is 0 Å². The first-order chi connectivity index (χ1) is 8.58. The van der Waals surface area contributed by atoms with E-state index in [-0.39, 0.29) is 6.04 Å². The molecule has 0 saturated heterocycles. The molecule has 0 amide bonds. The van der Waals surface area contributed by atoms with Crippen molar-refractivity contribution in [3.05, 3.63) is 58.1 Å². The zero-order valence-electron chi connectivity index (χ0n) is 10.5. The molecule has 2 N–H and O–H groups in total. The Labute approximate surface area is 112 Å². The van der Waals surface area contributed by atoms with Crippen LogP contribution < -0.4 is 5.73 Å². The lowest BCUT2D eigenvalue weighted by Crippen LogP contribution is -2.15. The van der Waals surface area contributed by atoms with Crippen LogP contribution in [0.2, 0.25) is 5.02 Å². The summed E-state index contributed by atoms with van der Waals surface area (Å²) in [5.41, 5.74) is 10.3. The summed E-state index contributed by atoms with van der Waals surface area (Å²) in [6.07, 6.45) is 4.06. The highest BCUT2D eigenvalue weighted by atomic mass is 35.5. The van der Waals surface area contributed by atoms with Gasteiger partial charge in [0, 0.05) is 29.8 Å². The van der Waals surface area contributed by atoms with Gasteiger partial charge in [-0.3, -0.25) is 9.97 Å². The van der Waals surface area contributed by atoms with E-state index in [1.54, 1.807) is 12.4 Å². The number of rotatable bonds is 3. The molecular formula is C14H16ClN3. The van der Waals surface area contributed by atoms with Gasteiger partial charge >= 0.3 is 0 Å². The van der Waals surface area contributed by atoms with E-state index >= 15 is 0 Å². The molecule has 0 radical (unpaired) electrons. The summed E-state index contributed by atoms with van der Waals surface area (Å²) in [4.78, 5) is 8.40. The molecule has 0 saturated carbocycles. The summed E-state index contributed by atoms with van der Waals surface area (Å²) in [6, 6.07) is 5.82. The van der Waals surface area contributed by atoms with Crippen molar-refractivity contribution in [3.63, 3.8) is 0 Å². The van der Waals surface area contributed by atoms with Crippen LogP contribution in [0.15, 0.2) is 30.6 Å². The van der Waals surface area contributed by atoms with Gasteiger partial charge in [-0.15, -0.1) is 0 Å². The second-order valence-electron chi connectivity index (χ2n) is 4.40. The molecule has 94 valence electrons. The number of nitrogens with zero attached hydrogens (tertiary/aromatic N) is 2. The molecule has 3 nitrogen and oxygen atoms in total. The van der Waals surface area contributed by atoms with Crippen molar-refractivity contribution >= 4 is 11.6 Å². The molecule has 4 heteroatoms. The van der Waals surface area contributed by atoms with Gasteiger partial charge < -0.3 is 5.73 Å². The maximum Gasteiger partial charge on any atom is 0.0622 e. The van der Waals surface area contributed by atoms with Crippen molar-refractivity contribution in [2.24, 2.45) is 5.73 Å². The van der Waals surface area contributed by atoms with E-state index in [4.69, 9.17) is 17.3 Å². The van der Waals surface area contributed by atoms with E-state index in [0.29, 0.717) is 11.4 Å². The second kappa shape index (κ2) is 5.46. The number of aryl methyl sites for hydroxylation is 2. The van der Waals surface area contributed by atoms with Crippen LogP contribution in [0.3, 0.4) is 0 Å². The Morgan fingerprint density at radius 2 is 2.06 bits per heavy atom. The topological polar surface area (TPSA) is 51.8 Å². The first kappa shape index (κ1) is 13.0. The van der Waals surface area contributed by atoms with E-state index in [2.05, 4.69) is 9.97 Å². The van der Waals surface area contributed by atoms with Crippen molar-refractivity contribution in [1.29, 1.82) is 0 Å². The molecule has 0 spiro atoms. The van der Waals surface area contributed by atoms with Gasteiger partial charge in [-0.05, 0) is 43.5 Å². The summed E-state index contributed by atoms with van der Waals surface area (Å²) >= 11 is 6.09. The Morgan fingerprint density at radius 1 is 1.28 bits per heavy atom. The molecule has 2 rings (SSSR count). The first-order valence-corrected chi connectivity index (χ1v) is 6.24. The molecule has 0 aliphatic heterocycles. The molecule has 1 unspecified atom stereocenters. The normalized spacial score (nSPS) is 12.4. The Balaban J connectivity index is 2.22. The number of nitrogens with two attached hydrogens (primary N) is 1. The second-order valence-corrected chi connectivity index (χ2v) is 4.81. The largest absolute Gasteiger partial charge is 0.324 e. The first-order valence-electron chi connectivity index (χ1n) is 5.86. The summed E-state index contributed by atoms with van der Waals surface area (Å²) in [6.45, 7) is 3.96. The highest BCUT2D eigenvalue weighted by Gasteiger charge is 2.12. The van der Waals surface area contributed by atoms with Gasteiger partial charge in [-0.1, -0.05) is 17.7 Å². The average molecular weight is 262 g/mol. The lowest BCUT2D eigenvalue weighted by Gasteiger charge is -2.15. The van der Waals surface area contributed by atoms with Crippen molar-refractivity contribution in [1.82, 2.24) is 9.97 Å². The maximum absolute atomic E-state index is 6.23. The Bertz CT molecular complexity index is 554. The average Bonchev–Trinajstić information content (AvgIpc) is 2.32. The summed E-state index contributed by atoms with van der Waals surface area (Å²) in [5.74, 6) is 0. The fourth-order valence-corrected chi connectivity index (χ4v) is 2.20. The van der Waals surface area contributed by atoms with Crippen molar-refractivity contribution in [2.45, 2.75) is 26.3 Å². The van der Waals surface area contributed by atoms with Gasteiger partial charge in [0.2, 0.25) is 0 Å². The van der Waals surface area contributed by atoms with Crippen LogP contribution in [0.4, 0.5) is 0 Å². The van der Waals surface area contributed by atoms with Crippen molar-refractivity contribution in [3.8, 4) is 0 Å². The van der Waals surface area contributed by atoms with Gasteiger partial charge in [0.05, 0.1) is 5.02 Å². The Kier molecular flexibility index (Phi) is 3.94. The standard InChI is InChI=1S/C14H16ClN3/c1-9-3-4-12(10(2)18-9)14(16)7-11-5-6-17-8-13(11)15/h3-6,8,14H,7,16H2,1-2H3. The number of hydrogen-bond acceptors (Lipinski definition) is 3. The quantitative estimate of drug-likeness (QED) is 0.924. The fourth-order valence-electron chi connectivity index (χ4n) is 2.01. The van der Waals surface area contributed by atoms with Crippen LogP contribution in [0.1, 0.15) is 28.6 Å².